The van der Waals surface area contributed by atoms with Crippen LogP contribution in [-0.4, -0.2) is 12.6 Å². The fourth-order valence-corrected chi connectivity index (χ4v) is 1.09. The minimum Gasteiger partial charge on any atom is -0.462 e. The number of benzene rings is 1. The van der Waals surface area contributed by atoms with Crippen LogP contribution in [0.4, 0.5) is 10.1 Å². The largest absolute Gasteiger partial charge is 0.462 e. The molecule has 0 aliphatic carbocycles. The van der Waals surface area contributed by atoms with E-state index in [1.54, 1.807) is 13.8 Å². The third kappa shape index (κ3) is 2.02. The average molecular weight is 197 g/mol. The topological polar surface area (TPSA) is 52.3 Å². The van der Waals surface area contributed by atoms with Gasteiger partial charge in [-0.05, 0) is 31.5 Å². The molecule has 3 nitrogen and oxygen atoms in total. The van der Waals surface area contributed by atoms with E-state index in [0.29, 0.717) is 5.56 Å². The molecule has 0 saturated carbocycles. The van der Waals surface area contributed by atoms with Crippen LogP contribution in [0.25, 0.3) is 0 Å². The van der Waals surface area contributed by atoms with Crippen LogP contribution in [0.1, 0.15) is 22.8 Å². The Kier molecular flexibility index (Phi) is 3.06. The average Bonchev–Trinajstić information content (AvgIpc) is 2.13. The molecule has 14 heavy (non-hydrogen) atoms. The van der Waals surface area contributed by atoms with E-state index < -0.39 is 11.8 Å². The Morgan fingerprint density at radius 1 is 1.57 bits per heavy atom. The Labute approximate surface area is 81.7 Å². The molecule has 0 aliphatic rings. The molecule has 0 heterocycles. The number of hydrogen-bond acceptors (Lipinski definition) is 3. The summed E-state index contributed by atoms with van der Waals surface area (Å²) in [6.45, 7) is 3.60. The van der Waals surface area contributed by atoms with Crippen molar-refractivity contribution in [1.29, 1.82) is 0 Å². The predicted octanol–water partition coefficient (Wildman–Crippen LogP) is 1.89. The quantitative estimate of drug-likeness (QED) is 0.581. The van der Waals surface area contributed by atoms with E-state index in [9.17, 15) is 9.18 Å². The Morgan fingerprint density at radius 2 is 2.21 bits per heavy atom. The van der Waals surface area contributed by atoms with Crippen molar-refractivity contribution < 1.29 is 13.9 Å². The van der Waals surface area contributed by atoms with Gasteiger partial charge in [0.15, 0.2) is 0 Å². The first-order chi connectivity index (χ1) is 6.56. The third-order valence-electron chi connectivity index (χ3n) is 1.85. The molecule has 0 unspecified atom stereocenters. The van der Waals surface area contributed by atoms with Gasteiger partial charge in [0.2, 0.25) is 0 Å². The van der Waals surface area contributed by atoms with Crippen LogP contribution in [0.5, 0.6) is 0 Å². The maximum Gasteiger partial charge on any atom is 0.338 e. The van der Waals surface area contributed by atoms with Crippen molar-refractivity contribution >= 4 is 11.7 Å². The summed E-state index contributed by atoms with van der Waals surface area (Å²) in [5, 5.41) is 0. The van der Waals surface area contributed by atoms with Crippen LogP contribution in [0.2, 0.25) is 0 Å². The number of rotatable bonds is 2. The fourth-order valence-electron chi connectivity index (χ4n) is 1.09. The van der Waals surface area contributed by atoms with E-state index >= 15 is 0 Å². The van der Waals surface area contributed by atoms with Crippen molar-refractivity contribution in [2.24, 2.45) is 0 Å². The number of carbonyl (C=O) groups excluding carboxylic acids is 1. The van der Waals surface area contributed by atoms with E-state index in [1.165, 1.54) is 6.07 Å². The molecule has 0 saturated heterocycles. The molecule has 0 amide bonds. The van der Waals surface area contributed by atoms with Gasteiger partial charge in [0.05, 0.1) is 17.9 Å². The lowest BCUT2D eigenvalue weighted by Crippen LogP contribution is -2.07. The molecule has 0 aromatic heterocycles. The van der Waals surface area contributed by atoms with Crippen molar-refractivity contribution in [3.63, 3.8) is 0 Å². The molecule has 0 fully saturated rings. The van der Waals surface area contributed by atoms with E-state index in [1.807, 2.05) is 0 Å². The van der Waals surface area contributed by atoms with Crippen LogP contribution >= 0.6 is 0 Å². The molecule has 0 bridgehead atoms. The number of ether oxygens (including phenoxy) is 1. The highest BCUT2D eigenvalue weighted by atomic mass is 19.1. The first kappa shape index (κ1) is 10.5. The van der Waals surface area contributed by atoms with Crippen LogP contribution in [0, 0.1) is 12.7 Å². The van der Waals surface area contributed by atoms with Gasteiger partial charge in [-0.1, -0.05) is 0 Å². The van der Waals surface area contributed by atoms with E-state index in [4.69, 9.17) is 10.5 Å². The maximum atomic E-state index is 13.1. The first-order valence-corrected chi connectivity index (χ1v) is 4.29. The van der Waals surface area contributed by atoms with Gasteiger partial charge < -0.3 is 10.5 Å². The number of halogens is 1. The minimum atomic E-state index is -0.590. The molecule has 0 radical (unpaired) electrons. The molecule has 76 valence electrons. The number of nitrogen functional groups attached to an aromatic ring is 1. The molecular formula is C10H12FNO2. The monoisotopic (exact) mass is 197 g/mol. The lowest BCUT2D eigenvalue weighted by molar-refractivity contribution is 0.0526. The number of hydrogen-bond donors (Lipinski definition) is 1. The molecule has 0 spiro atoms. The molecule has 1 aromatic carbocycles. The Balaban J connectivity index is 3.06. The summed E-state index contributed by atoms with van der Waals surface area (Å²) in [5.41, 5.74) is 6.19. The molecule has 0 atom stereocenters. The zero-order chi connectivity index (χ0) is 10.7. The number of carbonyl (C=O) groups is 1. The van der Waals surface area contributed by atoms with Crippen molar-refractivity contribution in [2.45, 2.75) is 13.8 Å². The molecule has 4 heteroatoms. The second-order valence-electron chi connectivity index (χ2n) is 2.91. The van der Waals surface area contributed by atoms with Gasteiger partial charge in [-0.15, -0.1) is 0 Å². The van der Waals surface area contributed by atoms with Crippen molar-refractivity contribution in [2.75, 3.05) is 12.3 Å². The lowest BCUT2D eigenvalue weighted by Gasteiger charge is -2.05. The number of esters is 1. The zero-order valence-corrected chi connectivity index (χ0v) is 8.13. The van der Waals surface area contributed by atoms with Crippen LogP contribution in [0.3, 0.4) is 0 Å². The van der Waals surface area contributed by atoms with E-state index in [-0.39, 0.29) is 17.9 Å². The minimum absolute atomic E-state index is 0.0676. The normalized spacial score (nSPS) is 9.93. The van der Waals surface area contributed by atoms with Gasteiger partial charge in [-0.25, -0.2) is 9.18 Å². The summed E-state index contributed by atoms with van der Waals surface area (Å²) in [4.78, 5) is 11.2. The van der Waals surface area contributed by atoms with Gasteiger partial charge in [0, 0.05) is 0 Å². The van der Waals surface area contributed by atoms with Crippen molar-refractivity contribution in [1.82, 2.24) is 0 Å². The summed E-state index contributed by atoms with van der Waals surface area (Å²) < 4.78 is 17.8. The summed E-state index contributed by atoms with van der Waals surface area (Å²) in [6, 6.07) is 2.59. The highest BCUT2D eigenvalue weighted by molar-refractivity contribution is 5.90. The zero-order valence-electron chi connectivity index (χ0n) is 8.13. The van der Waals surface area contributed by atoms with E-state index in [0.717, 1.165) is 6.07 Å². The molecule has 0 aliphatic heterocycles. The molecular weight excluding hydrogens is 185 g/mol. The lowest BCUT2D eigenvalue weighted by atomic mass is 10.1. The summed E-state index contributed by atoms with van der Waals surface area (Å²) in [5.74, 6) is -1.12. The highest BCUT2D eigenvalue weighted by Gasteiger charge is 2.11. The highest BCUT2D eigenvalue weighted by Crippen LogP contribution is 2.18. The smallest absolute Gasteiger partial charge is 0.338 e. The SMILES string of the molecule is CCOC(=O)c1cc(C)c(N)c(F)c1. The molecule has 1 rings (SSSR count). The van der Waals surface area contributed by atoms with Gasteiger partial charge in [0.25, 0.3) is 0 Å². The van der Waals surface area contributed by atoms with Crippen molar-refractivity contribution in [3.05, 3.63) is 29.1 Å². The summed E-state index contributed by atoms with van der Waals surface area (Å²) in [6.07, 6.45) is 0. The van der Waals surface area contributed by atoms with Crippen LogP contribution in [-0.2, 0) is 4.74 Å². The van der Waals surface area contributed by atoms with E-state index in [2.05, 4.69) is 0 Å². The standard InChI is InChI=1S/C10H12FNO2/c1-3-14-10(13)7-4-6(2)9(12)8(11)5-7/h4-5H,3,12H2,1-2H3. The van der Waals surface area contributed by atoms with Gasteiger partial charge in [-0.3, -0.25) is 0 Å². The first-order valence-electron chi connectivity index (χ1n) is 4.29. The predicted molar refractivity (Wildman–Crippen MR) is 51.5 cm³/mol. The summed E-state index contributed by atoms with van der Waals surface area (Å²) >= 11 is 0. The number of aryl methyl sites for hydroxylation is 1. The van der Waals surface area contributed by atoms with Gasteiger partial charge >= 0.3 is 5.97 Å². The molecule has 1 aromatic rings. The number of nitrogens with two attached hydrogens (primary N) is 1. The Bertz CT molecular complexity index is 340. The van der Waals surface area contributed by atoms with Gasteiger partial charge in [-0.2, -0.15) is 0 Å². The summed E-state index contributed by atoms with van der Waals surface area (Å²) in [7, 11) is 0. The van der Waals surface area contributed by atoms with Gasteiger partial charge in [0.1, 0.15) is 5.82 Å². The third-order valence-corrected chi connectivity index (χ3v) is 1.85. The Morgan fingerprint density at radius 3 is 2.71 bits per heavy atom. The maximum absolute atomic E-state index is 13.1. The second kappa shape index (κ2) is 4.09. The van der Waals surface area contributed by atoms with Crippen molar-refractivity contribution in [3.8, 4) is 0 Å². The fraction of sp³-hybridized carbons (Fsp3) is 0.300. The molecule has 2 N–H and O–H groups in total. The second-order valence-corrected chi connectivity index (χ2v) is 2.91. The van der Waals surface area contributed by atoms with Crippen LogP contribution in [0.15, 0.2) is 12.1 Å². The number of anilines is 1. The Hall–Kier alpha value is -1.58. The van der Waals surface area contributed by atoms with Crippen LogP contribution < -0.4 is 5.73 Å².